The van der Waals surface area contributed by atoms with Crippen LogP contribution in [-0.2, 0) is 0 Å². The van der Waals surface area contributed by atoms with Gasteiger partial charge in [-0.25, -0.2) is 8.78 Å². The number of aliphatic hydroxyl groups is 1. The highest BCUT2D eigenvalue weighted by Crippen LogP contribution is 2.25. The lowest BCUT2D eigenvalue weighted by Crippen LogP contribution is -2.46. The molecule has 1 aromatic rings. The van der Waals surface area contributed by atoms with Crippen LogP contribution in [0.15, 0.2) is 12.1 Å². The van der Waals surface area contributed by atoms with Crippen molar-refractivity contribution in [3.8, 4) is 0 Å². The van der Waals surface area contributed by atoms with Crippen molar-refractivity contribution < 1.29 is 18.7 Å². The first-order valence-corrected chi connectivity index (χ1v) is 6.86. The van der Waals surface area contributed by atoms with Gasteiger partial charge in [-0.1, -0.05) is 12.8 Å². The average Bonchev–Trinajstić information content (AvgIpc) is 2.46. The molecule has 2 atom stereocenters. The van der Waals surface area contributed by atoms with Gasteiger partial charge in [-0.2, -0.15) is 0 Å². The molecule has 2 rings (SSSR count). The molecule has 0 heterocycles. The van der Waals surface area contributed by atoms with E-state index in [1.165, 1.54) is 11.9 Å². The van der Waals surface area contributed by atoms with Gasteiger partial charge in [-0.3, -0.25) is 10.6 Å². The fraction of sp³-hybridized carbons (Fsp3) is 0.500. The van der Waals surface area contributed by atoms with Crippen LogP contribution in [0.3, 0.4) is 0 Å². The fourth-order valence-corrected chi connectivity index (χ4v) is 2.73. The van der Waals surface area contributed by atoms with Gasteiger partial charge in [0, 0.05) is 12.6 Å². The largest absolute Gasteiger partial charge is 0.391 e. The molecule has 1 saturated carbocycles. The molecule has 0 bridgehead atoms. The van der Waals surface area contributed by atoms with E-state index < -0.39 is 29.3 Å². The first-order valence-electron chi connectivity index (χ1n) is 6.86. The van der Waals surface area contributed by atoms with E-state index in [1.807, 2.05) is 5.43 Å². The van der Waals surface area contributed by atoms with Crippen LogP contribution in [0.5, 0.6) is 0 Å². The summed E-state index contributed by atoms with van der Waals surface area (Å²) in [6.45, 7) is 0. The van der Waals surface area contributed by atoms with Crippen LogP contribution in [0.1, 0.15) is 36.0 Å². The maximum absolute atomic E-state index is 13.7. The summed E-state index contributed by atoms with van der Waals surface area (Å²) in [5.41, 5.74) is 1.33. The summed E-state index contributed by atoms with van der Waals surface area (Å²) in [4.78, 5) is 13.7. The third-order valence-corrected chi connectivity index (χ3v) is 3.95. The Balaban J connectivity index is 2.23. The van der Waals surface area contributed by atoms with E-state index in [2.05, 4.69) is 0 Å². The summed E-state index contributed by atoms with van der Waals surface area (Å²) < 4.78 is 27.3. The molecule has 116 valence electrons. The molecule has 0 spiro atoms. The molecule has 21 heavy (non-hydrogen) atoms. The van der Waals surface area contributed by atoms with Gasteiger partial charge in [0.15, 0.2) is 11.6 Å². The van der Waals surface area contributed by atoms with E-state index in [1.54, 1.807) is 0 Å². The Morgan fingerprint density at radius 2 is 1.90 bits per heavy atom. The monoisotopic (exact) mass is 299 g/mol. The maximum atomic E-state index is 13.7. The normalized spacial score (nSPS) is 22.0. The summed E-state index contributed by atoms with van der Waals surface area (Å²) in [6, 6.07) is 1.54. The van der Waals surface area contributed by atoms with Crippen LogP contribution >= 0.6 is 0 Å². The van der Waals surface area contributed by atoms with Crippen molar-refractivity contribution in [2.24, 2.45) is 5.84 Å². The summed E-state index contributed by atoms with van der Waals surface area (Å²) >= 11 is 0. The summed E-state index contributed by atoms with van der Waals surface area (Å²) in [5, 5.41) is 9.96. The molecule has 1 aliphatic rings. The highest BCUT2D eigenvalue weighted by atomic mass is 19.1. The zero-order valence-corrected chi connectivity index (χ0v) is 11.8. The van der Waals surface area contributed by atoms with Crippen molar-refractivity contribution in [1.82, 2.24) is 4.90 Å². The number of likely N-dealkylation sites (N-methyl/N-ethyl adjacent to an activating group) is 1. The summed E-state index contributed by atoms with van der Waals surface area (Å²) in [7, 11) is 1.53. The van der Waals surface area contributed by atoms with E-state index in [9.17, 15) is 18.7 Å². The Kier molecular flexibility index (Phi) is 4.74. The molecule has 1 amide bonds. The molecule has 0 saturated heterocycles. The topological polar surface area (TPSA) is 78.6 Å². The van der Waals surface area contributed by atoms with Gasteiger partial charge >= 0.3 is 0 Å². The van der Waals surface area contributed by atoms with Crippen molar-refractivity contribution in [2.75, 3.05) is 12.5 Å². The number of hydrogen-bond donors (Lipinski definition) is 3. The van der Waals surface area contributed by atoms with Crippen molar-refractivity contribution in [3.63, 3.8) is 0 Å². The fourth-order valence-electron chi connectivity index (χ4n) is 2.73. The lowest BCUT2D eigenvalue weighted by atomic mass is 9.91. The van der Waals surface area contributed by atoms with E-state index in [4.69, 9.17) is 5.84 Å². The van der Waals surface area contributed by atoms with Crippen molar-refractivity contribution >= 4 is 11.6 Å². The number of nitrogens with zero attached hydrogens (tertiary/aromatic N) is 1. The number of nitrogens with two attached hydrogens (primary N) is 1. The highest BCUT2D eigenvalue weighted by Gasteiger charge is 2.30. The molecule has 7 heteroatoms. The molecular weight excluding hydrogens is 280 g/mol. The van der Waals surface area contributed by atoms with Gasteiger partial charge in [0.1, 0.15) is 5.69 Å². The number of rotatable bonds is 3. The SMILES string of the molecule is CN(C(=O)c1cc(F)c(NN)c(F)c1)C1CCCCC1O. The van der Waals surface area contributed by atoms with Crippen LogP contribution in [0, 0.1) is 11.6 Å². The number of amides is 1. The smallest absolute Gasteiger partial charge is 0.254 e. The Morgan fingerprint density at radius 1 is 1.33 bits per heavy atom. The lowest BCUT2D eigenvalue weighted by Gasteiger charge is -2.35. The highest BCUT2D eigenvalue weighted by molar-refractivity contribution is 5.94. The number of aliphatic hydroxyl groups excluding tert-OH is 1. The second-order valence-corrected chi connectivity index (χ2v) is 5.29. The van der Waals surface area contributed by atoms with Gasteiger partial charge in [0.25, 0.3) is 5.91 Å². The standard InChI is InChI=1S/C14H19F2N3O2/c1-19(11-4-2-3-5-12(11)20)14(21)8-6-9(15)13(18-17)10(16)7-8/h6-7,11-12,18,20H,2-5,17H2,1H3. The number of nitrogens with one attached hydrogen (secondary N) is 1. The summed E-state index contributed by atoms with van der Waals surface area (Å²) in [6.07, 6.45) is 2.53. The molecule has 0 radical (unpaired) electrons. The Bertz CT molecular complexity index is 516. The van der Waals surface area contributed by atoms with Gasteiger partial charge in [0.2, 0.25) is 0 Å². The summed E-state index contributed by atoms with van der Waals surface area (Å²) in [5.74, 6) is 2.62. The molecule has 5 nitrogen and oxygen atoms in total. The number of halogens is 2. The molecule has 1 fully saturated rings. The van der Waals surface area contributed by atoms with Gasteiger partial charge in [-0.15, -0.1) is 0 Å². The minimum atomic E-state index is -0.932. The van der Waals surface area contributed by atoms with E-state index >= 15 is 0 Å². The van der Waals surface area contributed by atoms with Crippen LogP contribution in [0.25, 0.3) is 0 Å². The second-order valence-electron chi connectivity index (χ2n) is 5.29. The molecule has 0 aliphatic heterocycles. The van der Waals surface area contributed by atoms with Crippen LogP contribution in [-0.4, -0.2) is 35.1 Å². The number of benzene rings is 1. The molecule has 0 aromatic heterocycles. The quantitative estimate of drug-likeness (QED) is 0.585. The minimum Gasteiger partial charge on any atom is -0.391 e. The van der Waals surface area contributed by atoms with Crippen molar-refractivity contribution in [2.45, 2.75) is 37.8 Å². The van der Waals surface area contributed by atoms with Gasteiger partial charge < -0.3 is 15.4 Å². The molecule has 1 aliphatic carbocycles. The molecular formula is C14H19F2N3O2. The first kappa shape index (κ1) is 15.7. The average molecular weight is 299 g/mol. The third-order valence-electron chi connectivity index (χ3n) is 3.95. The number of carbonyl (C=O) groups excluding carboxylic acids is 1. The lowest BCUT2D eigenvalue weighted by molar-refractivity contribution is 0.0267. The van der Waals surface area contributed by atoms with Gasteiger partial charge in [0.05, 0.1) is 12.1 Å². The van der Waals surface area contributed by atoms with Crippen LogP contribution in [0.4, 0.5) is 14.5 Å². The second kappa shape index (κ2) is 6.36. The van der Waals surface area contributed by atoms with E-state index in [-0.39, 0.29) is 11.6 Å². The predicted molar refractivity (Wildman–Crippen MR) is 74.5 cm³/mol. The zero-order valence-electron chi connectivity index (χ0n) is 11.8. The molecule has 2 unspecified atom stereocenters. The number of nitrogen functional groups attached to an aromatic ring is 1. The number of carbonyl (C=O) groups is 1. The van der Waals surface area contributed by atoms with Crippen molar-refractivity contribution in [1.29, 1.82) is 0 Å². The first-order chi connectivity index (χ1) is 9.95. The van der Waals surface area contributed by atoms with Gasteiger partial charge in [-0.05, 0) is 25.0 Å². The Labute approximate surface area is 121 Å². The number of hydrogen-bond acceptors (Lipinski definition) is 4. The molecule has 4 N–H and O–H groups in total. The van der Waals surface area contributed by atoms with Crippen molar-refractivity contribution in [3.05, 3.63) is 29.3 Å². The zero-order chi connectivity index (χ0) is 15.6. The van der Waals surface area contributed by atoms with Crippen LogP contribution < -0.4 is 11.3 Å². The molecule has 1 aromatic carbocycles. The number of anilines is 1. The predicted octanol–water partition coefficient (Wildman–Crippen LogP) is 1.63. The van der Waals surface area contributed by atoms with E-state index in [0.717, 1.165) is 25.0 Å². The minimum absolute atomic E-state index is 0.107. The van der Waals surface area contributed by atoms with Crippen LogP contribution in [0.2, 0.25) is 0 Å². The Morgan fingerprint density at radius 3 is 2.43 bits per heavy atom. The Hall–Kier alpha value is -1.73. The van der Waals surface area contributed by atoms with E-state index in [0.29, 0.717) is 12.8 Å². The number of hydrazine groups is 1. The maximum Gasteiger partial charge on any atom is 0.254 e. The third kappa shape index (κ3) is 3.14.